The average Bonchev–Trinajstić information content (AvgIpc) is 3.46. The highest BCUT2D eigenvalue weighted by Gasteiger charge is 2.46. The van der Waals surface area contributed by atoms with Gasteiger partial charge in [0.15, 0.2) is 0 Å². The molecule has 2 aliphatic rings. The van der Waals surface area contributed by atoms with Crippen LogP contribution in [-0.2, 0) is 15.7 Å². The molecule has 0 saturated carbocycles. The molecule has 5 rings (SSSR count). The molecular weight excluding hydrogens is 463 g/mol. The highest BCUT2D eigenvalue weighted by Crippen LogP contribution is 2.45. The molecule has 2 aliphatic heterocycles. The van der Waals surface area contributed by atoms with E-state index >= 15 is 0 Å². The van der Waals surface area contributed by atoms with Crippen molar-refractivity contribution >= 4 is 17.5 Å². The Balaban J connectivity index is 1.69. The molecule has 0 bridgehead atoms. The Hall–Kier alpha value is -4.24. The van der Waals surface area contributed by atoms with Crippen LogP contribution >= 0.6 is 0 Å². The number of fused-ring (bicyclic) bond motifs is 1. The number of nitrogens with zero attached hydrogens (tertiary/aromatic N) is 7. The quantitative estimate of drug-likeness (QED) is 0.552. The molecule has 3 aromatic rings. The third kappa shape index (κ3) is 3.79. The van der Waals surface area contributed by atoms with E-state index in [-0.39, 0.29) is 24.1 Å². The highest BCUT2D eigenvalue weighted by molar-refractivity contribution is 6.00. The number of hydrogen-bond donors (Lipinski definition) is 0. The van der Waals surface area contributed by atoms with Crippen molar-refractivity contribution in [3.63, 3.8) is 0 Å². The van der Waals surface area contributed by atoms with E-state index < -0.39 is 17.8 Å². The zero-order valence-electron chi connectivity index (χ0n) is 18.4. The summed E-state index contributed by atoms with van der Waals surface area (Å²) in [6.07, 6.45) is -4.55. The van der Waals surface area contributed by atoms with E-state index in [4.69, 9.17) is 10.00 Å². The second-order valence-electron chi connectivity index (χ2n) is 8.02. The molecule has 178 valence electrons. The van der Waals surface area contributed by atoms with Gasteiger partial charge in [-0.2, -0.15) is 23.1 Å². The Morgan fingerprint density at radius 2 is 1.97 bits per heavy atom. The van der Waals surface area contributed by atoms with Crippen molar-refractivity contribution in [3.05, 3.63) is 76.5 Å². The van der Waals surface area contributed by atoms with Crippen LogP contribution in [0.4, 0.5) is 24.8 Å². The first kappa shape index (κ1) is 22.5. The Labute approximate surface area is 197 Å². The first-order valence-electron chi connectivity index (χ1n) is 10.6. The van der Waals surface area contributed by atoms with Gasteiger partial charge in [-0.05, 0) is 46.3 Å². The van der Waals surface area contributed by atoms with Crippen molar-refractivity contribution in [1.82, 2.24) is 25.1 Å². The largest absolute Gasteiger partial charge is 0.416 e. The fourth-order valence-electron chi connectivity index (χ4n) is 4.37. The van der Waals surface area contributed by atoms with E-state index in [2.05, 4.69) is 21.6 Å². The summed E-state index contributed by atoms with van der Waals surface area (Å²) in [5.74, 6) is -0.108. The predicted molar refractivity (Wildman–Crippen MR) is 116 cm³/mol. The zero-order valence-corrected chi connectivity index (χ0v) is 18.4. The highest BCUT2D eigenvalue weighted by atomic mass is 19.4. The number of halogens is 3. The van der Waals surface area contributed by atoms with Crippen molar-refractivity contribution in [1.29, 1.82) is 5.26 Å². The van der Waals surface area contributed by atoms with E-state index in [1.807, 2.05) is 0 Å². The summed E-state index contributed by atoms with van der Waals surface area (Å²) >= 11 is 0. The molecule has 0 N–H and O–H groups in total. The van der Waals surface area contributed by atoms with Crippen LogP contribution in [0.25, 0.3) is 0 Å². The number of benzene rings is 2. The van der Waals surface area contributed by atoms with Gasteiger partial charge in [-0.1, -0.05) is 23.3 Å². The summed E-state index contributed by atoms with van der Waals surface area (Å²) in [6.45, 7) is 0.738. The Morgan fingerprint density at radius 1 is 1.20 bits per heavy atom. The maximum absolute atomic E-state index is 13.6. The Kier molecular flexibility index (Phi) is 5.49. The number of methoxy groups -OCH3 is 1. The Bertz CT molecular complexity index is 1360. The maximum atomic E-state index is 13.6. The maximum Gasteiger partial charge on any atom is 0.416 e. The van der Waals surface area contributed by atoms with E-state index in [1.54, 1.807) is 29.2 Å². The van der Waals surface area contributed by atoms with Crippen LogP contribution in [0.5, 0.6) is 0 Å². The van der Waals surface area contributed by atoms with Crippen molar-refractivity contribution in [2.45, 2.75) is 12.2 Å². The molecule has 12 heteroatoms. The molecule has 9 nitrogen and oxygen atoms in total. The van der Waals surface area contributed by atoms with Crippen LogP contribution in [0, 0.1) is 11.3 Å². The predicted octanol–water partition coefficient (Wildman–Crippen LogP) is 3.05. The molecule has 1 unspecified atom stereocenters. The van der Waals surface area contributed by atoms with Gasteiger partial charge in [0.05, 0.1) is 41.6 Å². The number of anilines is 2. The van der Waals surface area contributed by atoms with Gasteiger partial charge in [0.1, 0.15) is 6.04 Å². The first-order valence-corrected chi connectivity index (χ1v) is 10.6. The minimum absolute atomic E-state index is 0.146. The van der Waals surface area contributed by atoms with E-state index in [0.29, 0.717) is 35.5 Å². The molecule has 0 spiro atoms. The second kappa shape index (κ2) is 8.52. The fraction of sp³-hybridized carbons (Fsp3) is 0.261. The van der Waals surface area contributed by atoms with Gasteiger partial charge in [0.25, 0.3) is 11.9 Å². The third-order valence-corrected chi connectivity index (χ3v) is 5.99. The number of amides is 1. The molecule has 0 aliphatic carbocycles. The minimum Gasteiger partial charge on any atom is -0.383 e. The molecule has 0 saturated heterocycles. The Morgan fingerprint density at radius 3 is 2.66 bits per heavy atom. The van der Waals surface area contributed by atoms with Gasteiger partial charge < -0.3 is 9.64 Å². The fourth-order valence-corrected chi connectivity index (χ4v) is 4.37. The van der Waals surface area contributed by atoms with E-state index in [9.17, 15) is 18.0 Å². The third-order valence-electron chi connectivity index (χ3n) is 5.99. The number of hydrogen-bond acceptors (Lipinski definition) is 7. The number of nitriles is 1. The number of carbonyl (C=O) groups is 1. The molecule has 1 amide bonds. The number of alkyl halides is 3. The topological polar surface area (TPSA) is 100 Å². The molecule has 1 aromatic heterocycles. The van der Waals surface area contributed by atoms with Gasteiger partial charge in [-0.25, -0.2) is 0 Å². The summed E-state index contributed by atoms with van der Waals surface area (Å²) in [5, 5.41) is 21.1. The smallest absolute Gasteiger partial charge is 0.383 e. The van der Waals surface area contributed by atoms with Crippen LogP contribution in [0.3, 0.4) is 0 Å². The van der Waals surface area contributed by atoms with Gasteiger partial charge in [0.2, 0.25) is 0 Å². The van der Waals surface area contributed by atoms with Crippen molar-refractivity contribution < 1.29 is 22.7 Å². The second-order valence-corrected chi connectivity index (χ2v) is 8.02. The van der Waals surface area contributed by atoms with Gasteiger partial charge >= 0.3 is 6.18 Å². The van der Waals surface area contributed by atoms with E-state index in [0.717, 1.165) is 12.1 Å². The SMILES string of the molecule is COCCN1CC2=C(C1=O)C(c1ccc(C#N)cc1)n1nnnc1N2c1cccc(C(F)(F)F)c1. The van der Waals surface area contributed by atoms with E-state index in [1.165, 1.54) is 28.8 Å². The van der Waals surface area contributed by atoms with Crippen molar-refractivity contribution in [3.8, 4) is 6.07 Å². The summed E-state index contributed by atoms with van der Waals surface area (Å²) < 4.78 is 47.0. The van der Waals surface area contributed by atoms with Crippen molar-refractivity contribution in [2.24, 2.45) is 0 Å². The number of rotatable bonds is 5. The number of ether oxygens (including phenoxy) is 1. The van der Waals surface area contributed by atoms with Crippen molar-refractivity contribution in [2.75, 3.05) is 31.7 Å². The zero-order chi connectivity index (χ0) is 24.7. The molecular formula is C23H18F3N7O2. The molecule has 0 fully saturated rings. The summed E-state index contributed by atoms with van der Waals surface area (Å²) in [7, 11) is 1.52. The summed E-state index contributed by atoms with van der Waals surface area (Å²) in [5.41, 5.74) is 1.30. The molecule has 35 heavy (non-hydrogen) atoms. The molecule has 3 heterocycles. The summed E-state index contributed by atoms with van der Waals surface area (Å²) in [6, 6.07) is 12.8. The van der Waals surface area contributed by atoms with Crippen LogP contribution in [-0.4, -0.2) is 57.8 Å². The molecule has 2 aromatic carbocycles. The number of carbonyl (C=O) groups excluding carboxylic acids is 1. The normalized spacial score (nSPS) is 17.5. The van der Waals surface area contributed by atoms with Gasteiger partial charge in [-0.15, -0.1) is 0 Å². The average molecular weight is 481 g/mol. The first-order chi connectivity index (χ1) is 16.8. The van der Waals surface area contributed by atoms with Crippen LogP contribution in [0.2, 0.25) is 0 Å². The lowest BCUT2D eigenvalue weighted by Gasteiger charge is -2.33. The van der Waals surface area contributed by atoms with Gasteiger partial charge in [-0.3, -0.25) is 9.69 Å². The lowest BCUT2D eigenvalue weighted by atomic mass is 9.95. The van der Waals surface area contributed by atoms with Crippen LogP contribution < -0.4 is 4.90 Å². The number of aromatic nitrogens is 4. The molecule has 0 radical (unpaired) electrons. The monoisotopic (exact) mass is 481 g/mol. The van der Waals surface area contributed by atoms with Crippen LogP contribution in [0.15, 0.2) is 59.8 Å². The molecule has 1 atom stereocenters. The van der Waals surface area contributed by atoms with Crippen LogP contribution in [0.1, 0.15) is 22.7 Å². The van der Waals surface area contributed by atoms with Gasteiger partial charge in [0, 0.05) is 19.3 Å². The summed E-state index contributed by atoms with van der Waals surface area (Å²) in [4.78, 5) is 16.6. The number of tetrazole rings is 1. The lowest BCUT2D eigenvalue weighted by Crippen LogP contribution is -2.33. The lowest BCUT2D eigenvalue weighted by molar-refractivity contribution is -0.137. The minimum atomic E-state index is -4.55. The standard InChI is InChI=1S/C23H18F3N7O2/c1-35-10-9-31-13-18-19(21(31)34)20(15-7-5-14(12-27)6-8-15)33-22(28-29-30-33)32(18)17-4-2-3-16(11-17)23(24,25)26/h2-8,11,20H,9-10,13H2,1H3.